The molecule has 0 bridgehead atoms. The Morgan fingerprint density at radius 2 is 0.879 bits per heavy atom. The summed E-state index contributed by atoms with van der Waals surface area (Å²) in [5.41, 5.74) is 0.189. The van der Waals surface area contributed by atoms with Crippen molar-refractivity contribution < 1.29 is 29.1 Å². The maximum Gasteiger partial charge on any atom is 6.00 e. The van der Waals surface area contributed by atoms with Crippen molar-refractivity contribution in [1.82, 2.24) is 0 Å². The van der Waals surface area contributed by atoms with E-state index < -0.39 is 0 Å². The minimum absolute atomic E-state index is 0. The van der Waals surface area contributed by atoms with Crippen LogP contribution in [0.3, 0.4) is 0 Å². The third kappa shape index (κ3) is 31.8. The van der Waals surface area contributed by atoms with Gasteiger partial charge in [0, 0.05) is 0 Å². The van der Waals surface area contributed by atoms with E-state index in [-0.39, 0.29) is 42.9 Å². The molecule has 2 unspecified atom stereocenters. The van der Waals surface area contributed by atoms with Crippen LogP contribution in [0.2, 0.25) is 0 Å². The molecular weight excluding hydrogens is 501 g/mol. The Morgan fingerprint density at radius 3 is 1.06 bits per heavy atom. The van der Waals surface area contributed by atoms with Crippen molar-refractivity contribution in [3.63, 3.8) is 0 Å². The minimum atomic E-state index is 0. The number of unbranched alkanes of at least 4 members (excludes halogenated alkanes) is 2. The molecule has 2 atom stereocenters. The Labute approximate surface area is 220 Å². The predicted octanol–water partition coefficient (Wildman–Crippen LogP) is 8.37. The molecule has 7 heteroatoms. The van der Waals surface area contributed by atoms with Crippen molar-refractivity contribution in [3.8, 4) is 0 Å². The predicted molar refractivity (Wildman–Crippen MR) is 143 cm³/mol. The second-order valence-electron chi connectivity index (χ2n) is 8.83. The fourth-order valence-electron chi connectivity index (χ4n) is 2.58. The van der Waals surface area contributed by atoms with Gasteiger partial charge in [-0.3, -0.25) is 13.6 Å². The van der Waals surface area contributed by atoms with Crippen molar-refractivity contribution in [1.29, 1.82) is 0 Å². The van der Waals surface area contributed by atoms with Gasteiger partial charge in [-0.05, 0) is 0 Å². The maximum atomic E-state index is 7.75. The molecule has 0 rings (SSSR count). The van der Waals surface area contributed by atoms with Crippen molar-refractivity contribution in [2.24, 2.45) is 0 Å². The second kappa shape index (κ2) is 29.8. The molecule has 0 N–H and O–H groups in total. The summed E-state index contributed by atoms with van der Waals surface area (Å²) in [7, 11) is 0. The monoisotopic (exact) mass is 556 g/mol. The molecule has 0 amide bonds. The molecule has 0 spiro atoms. The minimum Gasteiger partial charge on any atom is -0.678 e. The molecule has 0 fully saturated rings. The van der Waals surface area contributed by atoms with Crippen molar-refractivity contribution >= 4 is 13.6 Å². The first kappa shape index (κ1) is 42.9. The van der Waals surface area contributed by atoms with E-state index in [1.165, 1.54) is 25.7 Å². The van der Waals surface area contributed by atoms with Gasteiger partial charge < -0.3 is 30.9 Å². The topological polar surface area (TPSA) is 90.5 Å². The maximum absolute atomic E-state index is 7.75. The Morgan fingerprint density at radius 1 is 0.606 bits per heavy atom. The Kier molecular flexibility index (Phi) is 38.8. The molecule has 0 saturated carbocycles. The van der Waals surface area contributed by atoms with Gasteiger partial charge in [-0.1, -0.05) is 121 Å². The van der Waals surface area contributed by atoms with Gasteiger partial charge in [0.2, 0.25) is 0 Å². The molecule has 0 radical (unpaired) electrons. The molecule has 0 aliphatic carbocycles. The summed E-state index contributed by atoms with van der Waals surface area (Å²) in [5.74, 6) is 0. The van der Waals surface area contributed by atoms with Crippen LogP contribution in [-0.2, 0) is 29.1 Å². The summed E-state index contributed by atoms with van der Waals surface area (Å²) >= 11 is 0. The van der Waals surface area contributed by atoms with E-state index in [1.807, 2.05) is 0 Å². The van der Waals surface area contributed by atoms with Gasteiger partial charge in [0.25, 0.3) is 0 Å². The first-order valence-corrected chi connectivity index (χ1v) is 12.4. The summed E-state index contributed by atoms with van der Waals surface area (Å²) in [6, 6.07) is 0. The van der Waals surface area contributed by atoms with Crippen LogP contribution in [0.1, 0.15) is 121 Å². The zero-order valence-electron chi connectivity index (χ0n) is 23.3. The van der Waals surface area contributed by atoms with Gasteiger partial charge in [0.05, 0.1) is 0 Å². The quantitative estimate of drug-likeness (QED) is 0.109. The third-order valence-corrected chi connectivity index (χ3v) is 5.15. The van der Waals surface area contributed by atoms with Crippen molar-refractivity contribution in [3.05, 3.63) is 21.3 Å². The second-order valence-corrected chi connectivity index (χ2v) is 8.83. The molecule has 0 aliphatic rings. The van der Waals surface area contributed by atoms with Crippen LogP contribution < -0.4 is 0 Å². The zero-order valence-corrected chi connectivity index (χ0v) is 25.1. The largest absolute Gasteiger partial charge is 6.00 e. The van der Waals surface area contributed by atoms with Crippen LogP contribution in [0.4, 0.5) is 0 Å². The Bertz CT molecular complexity index is 338. The molecule has 33 heavy (non-hydrogen) atoms. The summed E-state index contributed by atoms with van der Waals surface area (Å²) in [4.78, 5) is 15.5. The van der Waals surface area contributed by atoms with Gasteiger partial charge in [-0.25, -0.2) is 12.3 Å². The van der Waals surface area contributed by atoms with Gasteiger partial charge in [0.1, 0.15) is 0 Å². The van der Waals surface area contributed by atoms with E-state index in [0.717, 1.165) is 38.8 Å². The summed E-state index contributed by atoms with van der Waals surface area (Å²) in [5, 5.41) is 18.6. The van der Waals surface area contributed by atoms with E-state index in [9.17, 15) is 0 Å². The fourth-order valence-corrected chi connectivity index (χ4v) is 2.58. The van der Waals surface area contributed by atoms with Gasteiger partial charge in [-0.2, -0.15) is 13.1 Å². The Balaban J connectivity index is -0.000000134. The molecule has 198 valence electrons. The first-order chi connectivity index (χ1) is 15.1. The SMILES string of the molecule is CCCCC([N-]CC)[N-]C(C)(C)CC.CCCCC([N-]CC)[N-]C(C)(C)CC.[CH-]=O.[CH-]=O.[Ru+6]. The van der Waals surface area contributed by atoms with Crippen LogP contribution in [0.15, 0.2) is 0 Å². The average molecular weight is 556 g/mol. The smallest absolute Gasteiger partial charge is 0.678 e. The van der Waals surface area contributed by atoms with E-state index >= 15 is 0 Å². The number of rotatable bonds is 16. The zero-order chi connectivity index (χ0) is 26.1. The van der Waals surface area contributed by atoms with E-state index in [0.29, 0.717) is 0 Å². The van der Waals surface area contributed by atoms with Crippen LogP contribution in [-0.4, -0.2) is 50.1 Å². The molecule has 0 aromatic rings. The standard InChI is InChI=1S/2C12H26N2.2CHO.Ru/c2*1-6-9-10-11(13-8-3)14-12(4,5)7-2;2*1-2;/h2*11H,6-10H2,1-5H3;2*1H;/q2*-2;2*-1;+6. The van der Waals surface area contributed by atoms with E-state index in [4.69, 9.17) is 20.2 Å². The van der Waals surface area contributed by atoms with Gasteiger partial charge in [0.15, 0.2) is 0 Å². The number of carbonyl (C=O) groups excluding carboxylic acids is 2. The number of hydrogen-bond acceptors (Lipinski definition) is 2. The van der Waals surface area contributed by atoms with Crippen molar-refractivity contribution in [2.45, 2.75) is 144 Å². The molecule has 0 aromatic heterocycles. The first-order valence-electron chi connectivity index (χ1n) is 12.4. The average Bonchev–Trinajstić information content (AvgIpc) is 2.79. The van der Waals surface area contributed by atoms with Crippen LogP contribution in [0, 0.1) is 0 Å². The molecule has 0 saturated heterocycles. The third-order valence-electron chi connectivity index (χ3n) is 5.15. The van der Waals surface area contributed by atoms with Crippen LogP contribution in [0.25, 0.3) is 21.3 Å². The van der Waals surface area contributed by atoms with Crippen LogP contribution >= 0.6 is 0 Å². The molecule has 6 nitrogen and oxygen atoms in total. The summed E-state index contributed by atoms with van der Waals surface area (Å²) < 4.78 is 0. The van der Waals surface area contributed by atoms with Gasteiger partial charge in [-0.15, -0.1) is 11.1 Å². The Hall–Kier alpha value is -0.197. The number of hydrogen-bond donors (Lipinski definition) is 0. The molecular formula is C26H54N4O2Ru. The normalized spacial score (nSPS) is 12.4. The molecule has 0 aliphatic heterocycles. The van der Waals surface area contributed by atoms with Crippen molar-refractivity contribution in [2.75, 3.05) is 13.1 Å². The summed E-state index contributed by atoms with van der Waals surface area (Å²) in [6.07, 6.45) is 9.82. The van der Waals surface area contributed by atoms with Crippen LogP contribution in [0.5, 0.6) is 0 Å². The fraction of sp³-hybridized carbons (Fsp3) is 0.923. The van der Waals surface area contributed by atoms with E-state index in [1.54, 1.807) is 0 Å². The molecule has 0 heterocycles. The number of nitrogens with zero attached hydrogens (tertiary/aromatic N) is 4. The van der Waals surface area contributed by atoms with Gasteiger partial charge >= 0.3 is 19.5 Å². The van der Waals surface area contributed by atoms with E-state index in [2.05, 4.69) is 93.4 Å². The molecule has 0 aromatic carbocycles. The summed E-state index contributed by atoms with van der Waals surface area (Å²) in [6.45, 7) is 30.0.